The molecule has 5 heterocycles. The molecule has 33 heavy (non-hydrogen) atoms. The Kier molecular flexibility index (Phi) is 5.10. The molecule has 1 unspecified atom stereocenters. The number of ether oxygens (including phenoxy) is 1. The number of hydrogen-bond acceptors (Lipinski definition) is 5. The van der Waals surface area contributed by atoms with Crippen molar-refractivity contribution in [1.29, 1.82) is 0 Å². The van der Waals surface area contributed by atoms with E-state index in [-0.39, 0.29) is 11.8 Å². The second-order valence-corrected chi connectivity index (χ2v) is 9.44. The van der Waals surface area contributed by atoms with E-state index in [0.717, 1.165) is 62.1 Å². The van der Waals surface area contributed by atoms with E-state index in [4.69, 9.17) is 4.74 Å². The fraction of sp³-hybridized carbons (Fsp3) is 0.440. The number of aromatic nitrogens is 3. The van der Waals surface area contributed by atoms with Gasteiger partial charge in [-0.3, -0.25) is 14.6 Å². The number of benzene rings is 1. The Morgan fingerprint density at radius 3 is 2.73 bits per heavy atom. The summed E-state index contributed by atoms with van der Waals surface area (Å²) in [6, 6.07) is 5.95. The first-order chi connectivity index (χ1) is 16.2. The van der Waals surface area contributed by atoms with Crippen LogP contribution in [0.2, 0.25) is 0 Å². The summed E-state index contributed by atoms with van der Waals surface area (Å²) in [5.41, 5.74) is 5.05. The molecular weight excluding hydrogens is 418 g/mol. The van der Waals surface area contributed by atoms with Gasteiger partial charge in [-0.1, -0.05) is 12.5 Å². The minimum Gasteiger partial charge on any atom is -0.372 e. The summed E-state index contributed by atoms with van der Waals surface area (Å²) < 4.78 is 5.50. The summed E-state index contributed by atoms with van der Waals surface area (Å²) in [7, 11) is 0. The van der Waals surface area contributed by atoms with Gasteiger partial charge in [-0.25, -0.2) is 4.98 Å². The molecule has 0 aliphatic carbocycles. The van der Waals surface area contributed by atoms with Crippen molar-refractivity contribution in [3.63, 3.8) is 0 Å². The van der Waals surface area contributed by atoms with E-state index in [2.05, 4.69) is 15.0 Å². The highest BCUT2D eigenvalue weighted by Gasteiger charge is 2.39. The maximum Gasteiger partial charge on any atom is 0.257 e. The van der Waals surface area contributed by atoms with Crippen LogP contribution in [-0.4, -0.2) is 62.7 Å². The normalized spacial score (nSPS) is 21.0. The van der Waals surface area contributed by atoms with Gasteiger partial charge in [0.2, 0.25) is 0 Å². The Balaban J connectivity index is 1.12. The molecule has 1 N–H and O–H groups in total. The van der Waals surface area contributed by atoms with Gasteiger partial charge in [0.1, 0.15) is 5.52 Å². The van der Waals surface area contributed by atoms with Gasteiger partial charge in [0.15, 0.2) is 0 Å². The second kappa shape index (κ2) is 8.26. The average Bonchev–Trinajstić information content (AvgIpc) is 3.41. The molecule has 0 radical (unpaired) electrons. The number of nitrogens with zero attached hydrogens (tertiary/aromatic N) is 4. The predicted octanol–water partition coefficient (Wildman–Crippen LogP) is 3.00. The van der Waals surface area contributed by atoms with Gasteiger partial charge in [-0.15, -0.1) is 0 Å². The van der Waals surface area contributed by atoms with Gasteiger partial charge in [0.05, 0.1) is 36.8 Å². The monoisotopic (exact) mass is 445 g/mol. The number of carbonyl (C=O) groups excluding carboxylic acids is 2. The molecule has 2 fully saturated rings. The van der Waals surface area contributed by atoms with Gasteiger partial charge in [-0.2, -0.15) is 0 Å². The summed E-state index contributed by atoms with van der Waals surface area (Å²) in [5.74, 6) is 0.929. The topological polar surface area (TPSA) is 91.4 Å². The molecule has 2 amide bonds. The van der Waals surface area contributed by atoms with Gasteiger partial charge >= 0.3 is 0 Å². The molecule has 0 spiro atoms. The number of nitrogens with one attached hydrogen (secondary N) is 1. The van der Waals surface area contributed by atoms with Crippen molar-refractivity contribution < 1.29 is 14.3 Å². The Bertz CT molecular complexity index is 1220. The first-order valence-corrected chi connectivity index (χ1v) is 11.7. The summed E-state index contributed by atoms with van der Waals surface area (Å²) in [4.78, 5) is 41.7. The van der Waals surface area contributed by atoms with E-state index in [0.29, 0.717) is 36.1 Å². The number of likely N-dealkylation sites (tertiary alicyclic amines) is 2. The van der Waals surface area contributed by atoms with Crippen LogP contribution in [0.4, 0.5) is 0 Å². The number of rotatable bonds is 3. The molecule has 170 valence electrons. The summed E-state index contributed by atoms with van der Waals surface area (Å²) in [6.45, 7) is 4.23. The standard InChI is InChI=1S/C25H27N5O3/c31-24(16-4-5-18-13-33-14-19(18)7-16)29-6-2-1-3-17(10-29)20-11-30(12-20)25(32)21-8-26-9-22-23(21)28-15-27-22/h4-5,7-9,15,17,20H,1-3,6,10-14H2,(H,27,28). The fourth-order valence-electron chi connectivity index (χ4n) is 5.40. The van der Waals surface area contributed by atoms with Crippen LogP contribution in [0.25, 0.3) is 11.0 Å². The number of amides is 2. The molecule has 3 aromatic rings. The van der Waals surface area contributed by atoms with Crippen molar-refractivity contribution in [1.82, 2.24) is 24.8 Å². The van der Waals surface area contributed by atoms with E-state index in [1.807, 2.05) is 28.0 Å². The van der Waals surface area contributed by atoms with Gasteiger partial charge < -0.3 is 19.5 Å². The smallest absolute Gasteiger partial charge is 0.257 e. The highest BCUT2D eigenvalue weighted by atomic mass is 16.5. The number of pyridine rings is 1. The Morgan fingerprint density at radius 2 is 1.82 bits per heavy atom. The number of hydrogen-bond donors (Lipinski definition) is 1. The van der Waals surface area contributed by atoms with Crippen molar-refractivity contribution in [3.8, 4) is 0 Å². The third-order valence-corrected chi connectivity index (χ3v) is 7.39. The number of H-pyrrole nitrogens is 1. The molecule has 0 bridgehead atoms. The van der Waals surface area contributed by atoms with Crippen LogP contribution in [0, 0.1) is 11.8 Å². The number of imidazole rings is 1. The van der Waals surface area contributed by atoms with Crippen molar-refractivity contribution in [2.45, 2.75) is 32.5 Å². The minimum absolute atomic E-state index is 0.0154. The lowest BCUT2D eigenvalue weighted by Gasteiger charge is -2.44. The van der Waals surface area contributed by atoms with Crippen LogP contribution in [0.15, 0.2) is 36.9 Å². The molecule has 6 rings (SSSR count). The highest BCUT2D eigenvalue weighted by Crippen LogP contribution is 2.33. The molecule has 1 atom stereocenters. The van der Waals surface area contributed by atoms with E-state index < -0.39 is 0 Å². The largest absolute Gasteiger partial charge is 0.372 e. The molecule has 8 nitrogen and oxygen atoms in total. The lowest BCUT2D eigenvalue weighted by atomic mass is 9.82. The van der Waals surface area contributed by atoms with Crippen LogP contribution in [0.3, 0.4) is 0 Å². The Labute approximate surface area is 192 Å². The maximum absolute atomic E-state index is 13.3. The second-order valence-electron chi connectivity index (χ2n) is 9.44. The molecule has 3 aliphatic rings. The average molecular weight is 446 g/mol. The molecule has 0 saturated carbocycles. The van der Waals surface area contributed by atoms with E-state index >= 15 is 0 Å². The summed E-state index contributed by atoms with van der Waals surface area (Å²) in [5, 5.41) is 0. The quantitative estimate of drug-likeness (QED) is 0.669. The van der Waals surface area contributed by atoms with Gasteiger partial charge in [-0.05, 0) is 47.9 Å². The maximum atomic E-state index is 13.3. The number of aromatic amines is 1. The van der Waals surface area contributed by atoms with Crippen LogP contribution >= 0.6 is 0 Å². The van der Waals surface area contributed by atoms with Gasteiger partial charge in [0, 0.05) is 37.9 Å². The lowest BCUT2D eigenvalue weighted by Crippen LogP contribution is -2.54. The van der Waals surface area contributed by atoms with Gasteiger partial charge in [0.25, 0.3) is 11.8 Å². The lowest BCUT2D eigenvalue weighted by molar-refractivity contribution is 0.0295. The highest BCUT2D eigenvalue weighted by molar-refractivity contribution is 6.04. The number of fused-ring (bicyclic) bond motifs is 2. The van der Waals surface area contributed by atoms with Crippen molar-refractivity contribution in [2.75, 3.05) is 26.2 Å². The third-order valence-electron chi connectivity index (χ3n) is 7.39. The zero-order valence-electron chi connectivity index (χ0n) is 18.5. The zero-order valence-corrected chi connectivity index (χ0v) is 18.5. The van der Waals surface area contributed by atoms with Crippen molar-refractivity contribution in [2.24, 2.45) is 11.8 Å². The number of carbonyl (C=O) groups is 2. The molecule has 2 saturated heterocycles. The zero-order chi connectivity index (χ0) is 22.4. The molecule has 8 heteroatoms. The molecule has 3 aliphatic heterocycles. The molecule has 1 aromatic carbocycles. The first-order valence-electron chi connectivity index (χ1n) is 11.7. The third kappa shape index (κ3) is 3.68. The predicted molar refractivity (Wildman–Crippen MR) is 121 cm³/mol. The van der Waals surface area contributed by atoms with Crippen LogP contribution < -0.4 is 0 Å². The van der Waals surface area contributed by atoms with E-state index in [1.165, 1.54) is 5.56 Å². The van der Waals surface area contributed by atoms with E-state index in [9.17, 15) is 9.59 Å². The summed E-state index contributed by atoms with van der Waals surface area (Å²) in [6.07, 6.45) is 8.12. The van der Waals surface area contributed by atoms with Crippen LogP contribution in [0.5, 0.6) is 0 Å². The van der Waals surface area contributed by atoms with E-state index in [1.54, 1.807) is 18.7 Å². The minimum atomic E-state index is -0.0154. The Hall–Kier alpha value is -3.26. The SMILES string of the molecule is O=C(c1ccc2c(c1)COC2)N1CCCCC(C2CN(C(=O)c3cncc4[nH]cnc34)C2)C1. The van der Waals surface area contributed by atoms with Crippen molar-refractivity contribution >= 4 is 22.8 Å². The van der Waals surface area contributed by atoms with Crippen LogP contribution in [-0.2, 0) is 18.0 Å². The first kappa shape index (κ1) is 20.4. The Morgan fingerprint density at radius 1 is 0.970 bits per heavy atom. The summed E-state index contributed by atoms with van der Waals surface area (Å²) >= 11 is 0. The van der Waals surface area contributed by atoms with Crippen LogP contribution in [0.1, 0.15) is 51.1 Å². The van der Waals surface area contributed by atoms with Crippen molar-refractivity contribution in [3.05, 3.63) is 59.2 Å². The fourth-order valence-corrected chi connectivity index (χ4v) is 5.40. The molecule has 2 aromatic heterocycles. The molecular formula is C25H27N5O3.